The fourth-order valence-electron chi connectivity index (χ4n) is 1.21. The van der Waals surface area contributed by atoms with E-state index in [-0.39, 0.29) is 5.91 Å². The number of halogens is 1. The van der Waals surface area contributed by atoms with Gasteiger partial charge in [-0.1, -0.05) is 0 Å². The molecule has 0 atom stereocenters. The van der Waals surface area contributed by atoms with Crippen molar-refractivity contribution in [1.29, 1.82) is 0 Å². The summed E-state index contributed by atoms with van der Waals surface area (Å²) in [4.78, 5) is 13.1. The molecule has 1 N–H and O–H groups in total. The Kier molecular flexibility index (Phi) is 6.53. The Morgan fingerprint density at radius 1 is 1.47 bits per heavy atom. The van der Waals surface area contributed by atoms with Gasteiger partial charge in [0.2, 0.25) is 0 Å². The standard InChI is InChI=1S/C10H12ClGeNO4/c1-13(10(14)6-7-11)9-4-2-8(3-5-9)12-16-17-15/h2-5,15H,6-7H2,1H3. The van der Waals surface area contributed by atoms with Crippen molar-refractivity contribution in [3.05, 3.63) is 24.3 Å². The van der Waals surface area contributed by atoms with Crippen molar-refractivity contribution in [1.82, 2.24) is 0 Å². The topological polar surface area (TPSA) is 59.0 Å². The van der Waals surface area contributed by atoms with Crippen molar-refractivity contribution in [2.24, 2.45) is 0 Å². The molecule has 5 nitrogen and oxygen atoms in total. The number of amides is 1. The first-order chi connectivity index (χ1) is 8.19. The van der Waals surface area contributed by atoms with E-state index in [0.29, 0.717) is 12.3 Å². The average Bonchev–Trinajstić information content (AvgIpc) is 2.36. The predicted molar refractivity (Wildman–Crippen MR) is 65.4 cm³/mol. The number of carbonyl (C=O) groups excluding carboxylic acids is 1. The van der Waals surface area contributed by atoms with Crippen molar-refractivity contribution in [2.45, 2.75) is 6.42 Å². The van der Waals surface area contributed by atoms with Crippen molar-refractivity contribution in [3.8, 4) is 0 Å². The van der Waals surface area contributed by atoms with E-state index in [1.165, 1.54) is 0 Å². The zero-order valence-electron chi connectivity index (χ0n) is 9.22. The van der Waals surface area contributed by atoms with Gasteiger partial charge in [-0.15, -0.1) is 0 Å². The molecule has 1 amide bonds. The Bertz CT molecular complexity index is 360. The molecular formula is C10H12ClGeNO4. The van der Waals surface area contributed by atoms with Gasteiger partial charge in [-0.3, -0.25) is 0 Å². The van der Waals surface area contributed by atoms with E-state index in [1.54, 1.807) is 11.9 Å². The summed E-state index contributed by atoms with van der Waals surface area (Å²) < 4.78 is 5.43. The number of carbonyl (C=O) groups is 1. The number of hydrogen-bond acceptors (Lipinski definition) is 4. The minimum atomic E-state index is -0.956. The SMILES string of the molecule is CN(C(=O)CCCl)c1cc[c]([Ge][O]OO)cc1. The molecule has 0 spiro atoms. The van der Waals surface area contributed by atoms with Gasteiger partial charge in [-0.2, -0.15) is 0 Å². The number of hydrogen-bond donors (Lipinski definition) is 1. The van der Waals surface area contributed by atoms with Crippen LogP contribution in [0.2, 0.25) is 0 Å². The molecule has 0 unspecified atom stereocenters. The van der Waals surface area contributed by atoms with Crippen LogP contribution in [-0.2, 0) is 13.7 Å². The zero-order chi connectivity index (χ0) is 12.7. The molecule has 92 valence electrons. The van der Waals surface area contributed by atoms with Crippen molar-refractivity contribution < 1.29 is 19.0 Å². The maximum atomic E-state index is 11.6. The van der Waals surface area contributed by atoms with Crippen LogP contribution in [0.5, 0.6) is 0 Å². The third kappa shape index (κ3) is 4.65. The van der Waals surface area contributed by atoms with Crippen LogP contribution in [0, 0.1) is 0 Å². The van der Waals surface area contributed by atoms with Gasteiger partial charge in [-0.05, 0) is 0 Å². The molecule has 0 aliphatic carbocycles. The summed E-state index contributed by atoms with van der Waals surface area (Å²) in [6.45, 7) is 0. The number of benzene rings is 1. The summed E-state index contributed by atoms with van der Waals surface area (Å²) in [6, 6.07) is 7.29. The zero-order valence-corrected chi connectivity index (χ0v) is 12.1. The minimum absolute atomic E-state index is 0.0290. The Hall–Kier alpha value is -0.597. The van der Waals surface area contributed by atoms with E-state index in [9.17, 15) is 4.79 Å². The maximum absolute atomic E-state index is 11.6. The van der Waals surface area contributed by atoms with E-state index in [1.807, 2.05) is 24.3 Å². The molecule has 1 rings (SSSR count). The van der Waals surface area contributed by atoms with Gasteiger partial charge in [0.15, 0.2) is 0 Å². The summed E-state index contributed by atoms with van der Waals surface area (Å²) in [6.07, 6.45) is 0.315. The monoisotopic (exact) mass is 319 g/mol. The van der Waals surface area contributed by atoms with Crippen LogP contribution in [0.4, 0.5) is 5.69 Å². The number of nitrogens with zero attached hydrogens (tertiary/aromatic N) is 1. The number of alkyl halides is 1. The van der Waals surface area contributed by atoms with Gasteiger partial charge < -0.3 is 0 Å². The van der Waals surface area contributed by atoms with Crippen LogP contribution in [-0.4, -0.2) is 39.9 Å². The van der Waals surface area contributed by atoms with Crippen LogP contribution >= 0.6 is 11.6 Å². The van der Waals surface area contributed by atoms with E-state index in [2.05, 4.69) is 8.95 Å². The van der Waals surface area contributed by atoms with Crippen LogP contribution in [0.1, 0.15) is 6.42 Å². The normalized spacial score (nSPS) is 10.3. The second-order valence-electron chi connectivity index (χ2n) is 3.20. The van der Waals surface area contributed by atoms with Crippen molar-refractivity contribution >= 4 is 43.4 Å². The molecule has 0 saturated heterocycles. The molecule has 0 fully saturated rings. The van der Waals surface area contributed by atoms with Crippen LogP contribution in [0.15, 0.2) is 24.3 Å². The van der Waals surface area contributed by atoms with Gasteiger partial charge in [0.1, 0.15) is 0 Å². The molecule has 0 heterocycles. The molecule has 1 aromatic rings. The molecule has 1 aromatic carbocycles. The molecule has 0 aromatic heterocycles. The fourth-order valence-corrected chi connectivity index (χ4v) is 2.29. The van der Waals surface area contributed by atoms with Crippen molar-refractivity contribution in [3.63, 3.8) is 0 Å². The van der Waals surface area contributed by atoms with E-state index >= 15 is 0 Å². The molecule has 17 heavy (non-hydrogen) atoms. The molecule has 0 bridgehead atoms. The Morgan fingerprint density at radius 3 is 2.65 bits per heavy atom. The van der Waals surface area contributed by atoms with Crippen LogP contribution < -0.4 is 9.30 Å². The van der Waals surface area contributed by atoms with E-state index < -0.39 is 15.8 Å². The molecule has 7 heteroatoms. The van der Waals surface area contributed by atoms with Gasteiger partial charge in [-0.25, -0.2) is 0 Å². The molecular weight excluding hydrogens is 306 g/mol. The summed E-state index contributed by atoms with van der Waals surface area (Å²) in [5, 5.41) is 11.6. The summed E-state index contributed by atoms with van der Waals surface area (Å²) in [5.74, 6) is 0.286. The second kappa shape index (κ2) is 7.68. The summed E-state index contributed by atoms with van der Waals surface area (Å²) in [5.41, 5.74) is 0.792. The summed E-state index contributed by atoms with van der Waals surface area (Å²) >= 11 is 4.56. The third-order valence-corrected chi connectivity index (χ3v) is 3.85. The van der Waals surface area contributed by atoms with Gasteiger partial charge in [0.25, 0.3) is 0 Å². The first-order valence-electron chi connectivity index (χ1n) is 4.84. The first kappa shape index (κ1) is 14.5. The third-order valence-electron chi connectivity index (χ3n) is 2.13. The van der Waals surface area contributed by atoms with Gasteiger partial charge in [0.05, 0.1) is 0 Å². The molecule has 2 radical (unpaired) electrons. The average molecular weight is 318 g/mol. The second-order valence-corrected chi connectivity index (χ2v) is 5.57. The van der Waals surface area contributed by atoms with Crippen LogP contribution in [0.3, 0.4) is 0 Å². The van der Waals surface area contributed by atoms with Gasteiger partial charge in [0, 0.05) is 0 Å². The summed E-state index contributed by atoms with van der Waals surface area (Å²) in [7, 11) is 1.70. The Labute approximate surface area is 111 Å². The fraction of sp³-hybridized carbons (Fsp3) is 0.300. The quantitative estimate of drug-likeness (QED) is 0.367. The number of rotatable bonds is 6. The molecule has 0 aliphatic rings. The molecule has 0 saturated carbocycles. The first-order valence-corrected chi connectivity index (χ1v) is 7.28. The number of anilines is 1. The Morgan fingerprint density at radius 2 is 2.12 bits per heavy atom. The van der Waals surface area contributed by atoms with E-state index in [4.69, 9.17) is 16.9 Å². The van der Waals surface area contributed by atoms with Crippen molar-refractivity contribution in [2.75, 3.05) is 17.8 Å². The predicted octanol–water partition coefficient (Wildman–Crippen LogP) is 0.944. The molecule has 0 aliphatic heterocycles. The van der Waals surface area contributed by atoms with Crippen LogP contribution in [0.25, 0.3) is 0 Å². The Balaban J connectivity index is 2.63. The van der Waals surface area contributed by atoms with E-state index in [0.717, 1.165) is 10.1 Å². The van der Waals surface area contributed by atoms with Gasteiger partial charge >= 0.3 is 111 Å².